The average Bonchev–Trinajstić information content (AvgIpc) is 2.47. The number of benzene rings is 2. The molecule has 0 aliphatic heterocycles. The molecule has 2 nitrogen and oxygen atoms in total. The lowest BCUT2D eigenvalue weighted by Crippen LogP contribution is -1.97. The van der Waals surface area contributed by atoms with Crippen LogP contribution in [0.2, 0.25) is 5.02 Å². The third kappa shape index (κ3) is 4.82. The first kappa shape index (κ1) is 15.4. The van der Waals surface area contributed by atoms with Gasteiger partial charge in [0, 0.05) is 11.4 Å². The Hall–Kier alpha value is -1.95. The van der Waals surface area contributed by atoms with E-state index in [1.54, 1.807) is 0 Å². The molecule has 3 heteroatoms. The summed E-state index contributed by atoms with van der Waals surface area (Å²) in [5.74, 6) is 6.71. The largest absolute Gasteiger partial charge is 0.488 e. The van der Waals surface area contributed by atoms with Crippen molar-refractivity contribution in [3.05, 3.63) is 64.2 Å². The zero-order valence-electron chi connectivity index (χ0n) is 11.9. The lowest BCUT2D eigenvalue weighted by atomic mass is 10.1. The first-order valence-electron chi connectivity index (χ1n) is 6.76. The van der Waals surface area contributed by atoms with Crippen molar-refractivity contribution in [1.29, 1.82) is 0 Å². The zero-order valence-corrected chi connectivity index (χ0v) is 12.7. The molecule has 0 atom stereocenters. The van der Waals surface area contributed by atoms with E-state index < -0.39 is 0 Å². The van der Waals surface area contributed by atoms with Gasteiger partial charge in [0.2, 0.25) is 0 Å². The number of aliphatic hydroxyl groups is 1. The Bertz CT molecular complexity index is 668. The molecule has 0 radical (unpaired) electrons. The van der Waals surface area contributed by atoms with Crippen LogP contribution in [-0.2, 0) is 6.61 Å². The Labute approximate surface area is 130 Å². The number of aryl methyl sites for hydroxylation is 1. The highest BCUT2D eigenvalue weighted by Gasteiger charge is 2.03. The molecule has 21 heavy (non-hydrogen) atoms. The second-order valence-electron chi connectivity index (χ2n) is 4.69. The van der Waals surface area contributed by atoms with E-state index in [9.17, 15) is 0 Å². The average molecular weight is 301 g/mol. The van der Waals surface area contributed by atoms with E-state index in [1.807, 2.05) is 49.4 Å². The summed E-state index contributed by atoms with van der Waals surface area (Å²) < 4.78 is 5.84. The molecule has 108 valence electrons. The van der Waals surface area contributed by atoms with Gasteiger partial charge in [0.05, 0.1) is 12.2 Å². The lowest BCUT2D eigenvalue weighted by molar-refractivity contribution is 0.304. The van der Waals surface area contributed by atoms with Crippen molar-refractivity contribution in [3.63, 3.8) is 0 Å². The first-order chi connectivity index (χ1) is 10.2. The van der Waals surface area contributed by atoms with Crippen LogP contribution in [-0.4, -0.2) is 11.7 Å². The Morgan fingerprint density at radius 1 is 1.19 bits per heavy atom. The minimum Gasteiger partial charge on any atom is -0.488 e. The molecule has 0 amide bonds. The molecule has 0 spiro atoms. The van der Waals surface area contributed by atoms with Gasteiger partial charge in [-0.15, -0.1) is 0 Å². The Morgan fingerprint density at radius 3 is 2.81 bits per heavy atom. The van der Waals surface area contributed by atoms with Gasteiger partial charge in [0.1, 0.15) is 12.4 Å². The lowest BCUT2D eigenvalue weighted by Gasteiger charge is -2.09. The standard InChI is InChI=1S/C18H17ClO2/c1-14-8-9-18(16(11-14)6-2-3-10-20)21-13-15-5-4-7-17(19)12-15/h4-5,7-9,11-12,20H,3,10,13H2,1H3. The molecule has 1 N–H and O–H groups in total. The molecule has 0 bridgehead atoms. The molecular formula is C18H17ClO2. The number of rotatable bonds is 4. The van der Waals surface area contributed by atoms with E-state index in [-0.39, 0.29) is 6.61 Å². The smallest absolute Gasteiger partial charge is 0.135 e. The monoisotopic (exact) mass is 300 g/mol. The van der Waals surface area contributed by atoms with Crippen LogP contribution >= 0.6 is 11.6 Å². The predicted octanol–water partition coefficient (Wildman–Crippen LogP) is 3.96. The minimum atomic E-state index is 0.0670. The molecule has 0 saturated carbocycles. The molecule has 0 aliphatic rings. The highest BCUT2D eigenvalue weighted by Crippen LogP contribution is 2.21. The summed E-state index contributed by atoms with van der Waals surface area (Å²) in [7, 11) is 0. The maximum Gasteiger partial charge on any atom is 0.135 e. The van der Waals surface area contributed by atoms with Crippen molar-refractivity contribution in [1.82, 2.24) is 0 Å². The molecule has 0 saturated heterocycles. The maximum absolute atomic E-state index is 8.80. The van der Waals surface area contributed by atoms with Crippen LogP contribution in [0.3, 0.4) is 0 Å². The predicted molar refractivity (Wildman–Crippen MR) is 85.5 cm³/mol. The quantitative estimate of drug-likeness (QED) is 0.866. The van der Waals surface area contributed by atoms with Crippen LogP contribution in [0, 0.1) is 18.8 Å². The summed E-state index contributed by atoms with van der Waals surface area (Å²) in [6.45, 7) is 2.52. The molecular weight excluding hydrogens is 284 g/mol. The third-order valence-corrected chi connectivity index (χ3v) is 3.11. The van der Waals surface area contributed by atoms with E-state index >= 15 is 0 Å². The molecule has 0 aliphatic carbocycles. The van der Waals surface area contributed by atoms with Crippen molar-refractivity contribution >= 4 is 11.6 Å². The van der Waals surface area contributed by atoms with Crippen LogP contribution in [0.1, 0.15) is 23.1 Å². The van der Waals surface area contributed by atoms with Crippen LogP contribution in [0.25, 0.3) is 0 Å². The molecule has 0 aromatic heterocycles. The van der Waals surface area contributed by atoms with E-state index in [4.69, 9.17) is 21.4 Å². The summed E-state index contributed by atoms with van der Waals surface area (Å²) in [5.41, 5.74) is 2.97. The highest BCUT2D eigenvalue weighted by molar-refractivity contribution is 6.30. The summed E-state index contributed by atoms with van der Waals surface area (Å²) in [4.78, 5) is 0. The second kappa shape index (κ2) is 7.73. The van der Waals surface area contributed by atoms with Crippen LogP contribution in [0.4, 0.5) is 0 Å². The SMILES string of the molecule is Cc1ccc(OCc2cccc(Cl)c2)c(C#CCCO)c1. The molecule has 0 fully saturated rings. The number of hydrogen-bond donors (Lipinski definition) is 1. The number of ether oxygens (including phenoxy) is 1. The number of halogens is 1. The Kier molecular flexibility index (Phi) is 5.68. The molecule has 0 heterocycles. The normalized spacial score (nSPS) is 9.86. The number of aliphatic hydroxyl groups excluding tert-OH is 1. The van der Waals surface area contributed by atoms with Gasteiger partial charge in [-0.05, 0) is 42.3 Å². The van der Waals surface area contributed by atoms with Crippen LogP contribution in [0.5, 0.6) is 5.75 Å². The molecule has 0 unspecified atom stereocenters. The highest BCUT2D eigenvalue weighted by atomic mass is 35.5. The van der Waals surface area contributed by atoms with Gasteiger partial charge < -0.3 is 9.84 Å². The van der Waals surface area contributed by atoms with E-state index in [0.29, 0.717) is 18.1 Å². The fourth-order valence-corrected chi connectivity index (χ4v) is 2.08. The molecule has 2 rings (SSSR count). The van der Waals surface area contributed by atoms with Gasteiger partial charge in [0.15, 0.2) is 0 Å². The van der Waals surface area contributed by atoms with E-state index in [2.05, 4.69) is 11.8 Å². The Balaban J connectivity index is 2.14. The second-order valence-corrected chi connectivity index (χ2v) is 5.13. The van der Waals surface area contributed by atoms with Gasteiger partial charge in [-0.1, -0.05) is 41.6 Å². The van der Waals surface area contributed by atoms with E-state index in [0.717, 1.165) is 22.4 Å². The van der Waals surface area contributed by atoms with Gasteiger partial charge in [-0.2, -0.15) is 0 Å². The van der Waals surface area contributed by atoms with Gasteiger partial charge in [-0.3, -0.25) is 0 Å². The molecule has 2 aromatic rings. The zero-order chi connectivity index (χ0) is 15.1. The van der Waals surface area contributed by atoms with Crippen molar-refractivity contribution in [3.8, 4) is 17.6 Å². The number of hydrogen-bond acceptors (Lipinski definition) is 2. The van der Waals surface area contributed by atoms with Crippen molar-refractivity contribution in [2.45, 2.75) is 20.0 Å². The van der Waals surface area contributed by atoms with Crippen molar-refractivity contribution in [2.75, 3.05) is 6.61 Å². The van der Waals surface area contributed by atoms with Gasteiger partial charge in [-0.25, -0.2) is 0 Å². The van der Waals surface area contributed by atoms with Gasteiger partial charge in [0.25, 0.3) is 0 Å². The fraction of sp³-hybridized carbons (Fsp3) is 0.222. The van der Waals surface area contributed by atoms with Gasteiger partial charge >= 0.3 is 0 Å². The summed E-state index contributed by atoms with van der Waals surface area (Å²) in [6, 6.07) is 13.5. The third-order valence-electron chi connectivity index (χ3n) is 2.88. The van der Waals surface area contributed by atoms with Crippen LogP contribution in [0.15, 0.2) is 42.5 Å². The van der Waals surface area contributed by atoms with Crippen molar-refractivity contribution < 1.29 is 9.84 Å². The fourth-order valence-electron chi connectivity index (χ4n) is 1.87. The minimum absolute atomic E-state index is 0.0670. The summed E-state index contributed by atoms with van der Waals surface area (Å²) >= 11 is 5.96. The maximum atomic E-state index is 8.80. The first-order valence-corrected chi connectivity index (χ1v) is 7.14. The Morgan fingerprint density at radius 2 is 2.05 bits per heavy atom. The summed E-state index contributed by atoms with van der Waals surface area (Å²) in [6.07, 6.45) is 0.460. The van der Waals surface area contributed by atoms with E-state index in [1.165, 1.54) is 0 Å². The topological polar surface area (TPSA) is 29.5 Å². The van der Waals surface area contributed by atoms with Crippen LogP contribution < -0.4 is 4.74 Å². The molecule has 2 aromatic carbocycles. The van der Waals surface area contributed by atoms with Crippen molar-refractivity contribution in [2.24, 2.45) is 0 Å². The summed E-state index contributed by atoms with van der Waals surface area (Å²) in [5, 5.41) is 9.50.